The van der Waals surface area contributed by atoms with Gasteiger partial charge in [-0.1, -0.05) is 6.92 Å². The first kappa shape index (κ1) is 14.5. The summed E-state index contributed by atoms with van der Waals surface area (Å²) < 4.78 is 0. The molecule has 0 bridgehead atoms. The van der Waals surface area contributed by atoms with Crippen molar-refractivity contribution in [3.63, 3.8) is 0 Å². The van der Waals surface area contributed by atoms with E-state index in [0.717, 1.165) is 51.6 Å². The highest BCUT2D eigenvalue weighted by Crippen LogP contribution is 2.34. The van der Waals surface area contributed by atoms with E-state index in [0.29, 0.717) is 11.8 Å². The van der Waals surface area contributed by atoms with Gasteiger partial charge >= 0.3 is 0 Å². The minimum Gasteiger partial charge on any atom is -0.355 e. The van der Waals surface area contributed by atoms with Crippen LogP contribution in [0.15, 0.2) is 0 Å². The Hall–Kier alpha value is -0.900. The standard InChI is InChI=1S/C15H26N2O2/c1-3-9-16-15(19)11(2)17-10-5-7-13(17)12-6-4-8-14(12)18/h11-13H,3-10H2,1-2H3,(H,16,19). The van der Waals surface area contributed by atoms with E-state index in [1.807, 2.05) is 6.92 Å². The molecule has 0 radical (unpaired) electrons. The zero-order chi connectivity index (χ0) is 13.8. The van der Waals surface area contributed by atoms with Gasteiger partial charge in [0.1, 0.15) is 5.78 Å². The lowest BCUT2D eigenvalue weighted by Gasteiger charge is -2.32. The molecule has 3 atom stereocenters. The van der Waals surface area contributed by atoms with Crippen LogP contribution in [0.3, 0.4) is 0 Å². The van der Waals surface area contributed by atoms with Crippen LogP contribution >= 0.6 is 0 Å². The van der Waals surface area contributed by atoms with Gasteiger partial charge in [-0.15, -0.1) is 0 Å². The molecule has 0 aromatic carbocycles. The maximum Gasteiger partial charge on any atom is 0.237 e. The Balaban J connectivity index is 1.97. The first-order valence-electron chi connectivity index (χ1n) is 7.71. The number of Topliss-reactive ketones (excluding diaryl/α,β-unsaturated/α-hetero) is 1. The lowest BCUT2D eigenvalue weighted by atomic mass is 9.94. The molecule has 1 aliphatic heterocycles. The number of ketones is 1. The van der Waals surface area contributed by atoms with Gasteiger partial charge in [-0.25, -0.2) is 0 Å². The normalized spacial score (nSPS) is 29.7. The zero-order valence-electron chi connectivity index (χ0n) is 12.2. The van der Waals surface area contributed by atoms with E-state index in [1.165, 1.54) is 0 Å². The number of nitrogens with zero attached hydrogens (tertiary/aromatic N) is 1. The van der Waals surface area contributed by atoms with Crippen LogP contribution in [0.1, 0.15) is 52.4 Å². The molecule has 1 aliphatic carbocycles. The van der Waals surface area contributed by atoms with Crippen LogP contribution in [0, 0.1) is 5.92 Å². The number of nitrogens with one attached hydrogen (secondary N) is 1. The topological polar surface area (TPSA) is 49.4 Å². The second-order valence-corrected chi connectivity index (χ2v) is 5.88. The van der Waals surface area contributed by atoms with Crippen molar-refractivity contribution in [1.29, 1.82) is 0 Å². The van der Waals surface area contributed by atoms with E-state index in [-0.39, 0.29) is 17.9 Å². The third-order valence-corrected chi connectivity index (χ3v) is 4.58. The molecule has 2 fully saturated rings. The van der Waals surface area contributed by atoms with Crippen molar-refractivity contribution in [2.24, 2.45) is 5.92 Å². The van der Waals surface area contributed by atoms with Gasteiger partial charge < -0.3 is 5.32 Å². The van der Waals surface area contributed by atoms with Gasteiger partial charge in [-0.2, -0.15) is 0 Å². The van der Waals surface area contributed by atoms with Crippen molar-refractivity contribution in [2.45, 2.75) is 64.5 Å². The molecule has 0 spiro atoms. The maximum absolute atomic E-state index is 12.1. The monoisotopic (exact) mass is 266 g/mol. The number of rotatable bonds is 5. The molecule has 2 aliphatic rings. The van der Waals surface area contributed by atoms with Crippen LogP contribution in [0.25, 0.3) is 0 Å². The van der Waals surface area contributed by atoms with Crippen molar-refractivity contribution < 1.29 is 9.59 Å². The SMILES string of the molecule is CCCNC(=O)C(C)N1CCCC1C1CCCC1=O. The fourth-order valence-corrected chi connectivity index (χ4v) is 3.52. The molecule has 0 aromatic rings. The van der Waals surface area contributed by atoms with E-state index < -0.39 is 0 Å². The summed E-state index contributed by atoms with van der Waals surface area (Å²) in [6.45, 7) is 5.72. The molecule has 1 heterocycles. The third-order valence-electron chi connectivity index (χ3n) is 4.58. The predicted octanol–water partition coefficient (Wildman–Crippen LogP) is 1.73. The Morgan fingerprint density at radius 2 is 2.21 bits per heavy atom. The van der Waals surface area contributed by atoms with E-state index in [1.54, 1.807) is 0 Å². The lowest BCUT2D eigenvalue weighted by molar-refractivity contribution is -0.129. The van der Waals surface area contributed by atoms with Crippen LogP contribution in [0.5, 0.6) is 0 Å². The van der Waals surface area contributed by atoms with Gasteiger partial charge in [0.25, 0.3) is 0 Å². The Morgan fingerprint density at radius 3 is 2.84 bits per heavy atom. The summed E-state index contributed by atoms with van der Waals surface area (Å²) in [7, 11) is 0. The Labute approximate surface area is 115 Å². The molecule has 108 valence electrons. The molecular weight excluding hydrogens is 240 g/mol. The number of amides is 1. The molecule has 0 aromatic heterocycles. The summed E-state index contributed by atoms with van der Waals surface area (Å²) in [4.78, 5) is 26.3. The minimum absolute atomic E-state index is 0.104. The van der Waals surface area contributed by atoms with Crippen molar-refractivity contribution >= 4 is 11.7 Å². The highest BCUT2D eigenvalue weighted by Gasteiger charge is 2.40. The lowest BCUT2D eigenvalue weighted by Crippen LogP contribution is -2.49. The number of likely N-dealkylation sites (tertiary alicyclic amines) is 1. The largest absolute Gasteiger partial charge is 0.355 e. The van der Waals surface area contributed by atoms with Crippen molar-refractivity contribution in [1.82, 2.24) is 10.2 Å². The zero-order valence-corrected chi connectivity index (χ0v) is 12.2. The summed E-state index contributed by atoms with van der Waals surface area (Å²) >= 11 is 0. The van der Waals surface area contributed by atoms with Crippen LogP contribution in [-0.4, -0.2) is 41.8 Å². The first-order valence-corrected chi connectivity index (χ1v) is 7.71. The van der Waals surface area contributed by atoms with E-state index in [4.69, 9.17) is 0 Å². The van der Waals surface area contributed by atoms with Crippen molar-refractivity contribution in [3.8, 4) is 0 Å². The van der Waals surface area contributed by atoms with Crippen molar-refractivity contribution in [2.75, 3.05) is 13.1 Å². The Kier molecular flexibility index (Phi) is 4.97. The molecule has 4 nitrogen and oxygen atoms in total. The van der Waals surface area contributed by atoms with Gasteiger partial charge in [0.2, 0.25) is 5.91 Å². The predicted molar refractivity (Wildman–Crippen MR) is 74.8 cm³/mol. The average Bonchev–Trinajstić information content (AvgIpc) is 3.02. The molecule has 4 heteroatoms. The summed E-state index contributed by atoms with van der Waals surface area (Å²) in [5.41, 5.74) is 0. The van der Waals surface area contributed by atoms with E-state index in [9.17, 15) is 9.59 Å². The summed E-state index contributed by atoms with van der Waals surface area (Å²) in [6.07, 6.45) is 5.93. The number of hydrogen-bond acceptors (Lipinski definition) is 3. The van der Waals surface area contributed by atoms with Gasteiger partial charge in [0.05, 0.1) is 6.04 Å². The van der Waals surface area contributed by atoms with Crippen LogP contribution in [0.2, 0.25) is 0 Å². The minimum atomic E-state index is -0.104. The fraction of sp³-hybridized carbons (Fsp3) is 0.867. The number of hydrogen-bond donors (Lipinski definition) is 1. The van der Waals surface area contributed by atoms with Gasteiger partial charge in [0, 0.05) is 24.9 Å². The second kappa shape index (κ2) is 6.51. The van der Waals surface area contributed by atoms with Crippen LogP contribution in [0.4, 0.5) is 0 Å². The third kappa shape index (κ3) is 3.16. The molecule has 19 heavy (non-hydrogen) atoms. The average molecular weight is 266 g/mol. The van der Waals surface area contributed by atoms with E-state index in [2.05, 4.69) is 17.1 Å². The van der Waals surface area contributed by atoms with Crippen LogP contribution in [-0.2, 0) is 9.59 Å². The smallest absolute Gasteiger partial charge is 0.237 e. The summed E-state index contributed by atoms with van der Waals surface area (Å²) in [5.74, 6) is 0.709. The number of carbonyl (C=O) groups excluding carboxylic acids is 2. The molecular formula is C15H26N2O2. The van der Waals surface area contributed by atoms with Gasteiger partial charge in [-0.3, -0.25) is 14.5 Å². The van der Waals surface area contributed by atoms with Gasteiger partial charge in [-0.05, 0) is 45.6 Å². The van der Waals surface area contributed by atoms with Gasteiger partial charge in [0.15, 0.2) is 0 Å². The molecule has 3 unspecified atom stereocenters. The first-order chi connectivity index (χ1) is 9.15. The molecule has 1 saturated carbocycles. The van der Waals surface area contributed by atoms with Crippen LogP contribution < -0.4 is 5.32 Å². The second-order valence-electron chi connectivity index (χ2n) is 5.88. The molecule has 1 amide bonds. The van der Waals surface area contributed by atoms with Crippen molar-refractivity contribution in [3.05, 3.63) is 0 Å². The quantitative estimate of drug-likeness (QED) is 0.824. The molecule has 1 N–H and O–H groups in total. The summed E-state index contributed by atoms with van der Waals surface area (Å²) in [5, 5.41) is 2.97. The maximum atomic E-state index is 12.1. The number of carbonyl (C=O) groups is 2. The molecule has 1 saturated heterocycles. The molecule has 2 rings (SSSR count). The Morgan fingerprint density at radius 1 is 1.42 bits per heavy atom. The fourth-order valence-electron chi connectivity index (χ4n) is 3.52. The Bertz CT molecular complexity index is 343. The highest BCUT2D eigenvalue weighted by molar-refractivity contribution is 5.84. The summed E-state index contributed by atoms with van der Waals surface area (Å²) in [6, 6.07) is 0.199. The highest BCUT2D eigenvalue weighted by atomic mass is 16.2. The van der Waals surface area contributed by atoms with E-state index >= 15 is 0 Å².